The first kappa shape index (κ1) is 22.6. The molecule has 3 aromatic carbocycles. The Labute approximate surface area is 193 Å². The molecule has 0 unspecified atom stereocenters. The second-order valence-corrected chi connectivity index (χ2v) is 7.35. The molecule has 158 valence electrons. The predicted molar refractivity (Wildman–Crippen MR) is 121 cm³/mol. The van der Waals surface area contributed by atoms with Crippen molar-refractivity contribution >= 4 is 52.9 Å². The fourth-order valence-electron chi connectivity index (χ4n) is 2.36. The number of amides is 1. The van der Waals surface area contributed by atoms with Gasteiger partial charge in [-0.2, -0.15) is 5.10 Å². The van der Waals surface area contributed by atoms with Gasteiger partial charge in [-0.3, -0.25) is 4.79 Å². The van der Waals surface area contributed by atoms with E-state index in [4.69, 9.17) is 44.3 Å². The van der Waals surface area contributed by atoms with Crippen LogP contribution < -0.4 is 14.9 Å². The molecule has 6 nitrogen and oxygen atoms in total. The Bertz CT molecular complexity index is 1120. The van der Waals surface area contributed by atoms with Crippen LogP contribution in [-0.4, -0.2) is 24.7 Å². The van der Waals surface area contributed by atoms with E-state index >= 15 is 0 Å². The molecule has 0 aliphatic carbocycles. The van der Waals surface area contributed by atoms with Crippen molar-refractivity contribution in [3.63, 3.8) is 0 Å². The van der Waals surface area contributed by atoms with Gasteiger partial charge in [-0.1, -0.05) is 46.9 Å². The van der Waals surface area contributed by atoms with E-state index in [0.29, 0.717) is 32.1 Å². The molecule has 0 heterocycles. The summed E-state index contributed by atoms with van der Waals surface area (Å²) in [4.78, 5) is 24.0. The molecule has 31 heavy (non-hydrogen) atoms. The molecule has 9 heteroatoms. The molecule has 0 aliphatic rings. The minimum absolute atomic E-state index is 0.268. The first-order chi connectivity index (χ1) is 14.9. The lowest BCUT2D eigenvalue weighted by Crippen LogP contribution is -2.24. The first-order valence-corrected chi connectivity index (χ1v) is 10.0. The molecule has 0 saturated carbocycles. The van der Waals surface area contributed by atoms with Gasteiger partial charge < -0.3 is 9.47 Å². The largest absolute Gasteiger partial charge is 0.482 e. The quantitative estimate of drug-likeness (QED) is 0.214. The smallest absolute Gasteiger partial charge is 0.345 e. The summed E-state index contributed by atoms with van der Waals surface area (Å²) in [5.74, 6) is -0.334. The fourth-order valence-corrected chi connectivity index (χ4v) is 3.03. The highest BCUT2D eigenvalue weighted by Crippen LogP contribution is 2.27. The van der Waals surface area contributed by atoms with Gasteiger partial charge in [-0.05, 0) is 60.2 Å². The van der Waals surface area contributed by atoms with Crippen LogP contribution in [0.1, 0.15) is 15.9 Å². The SMILES string of the molecule is O=C(COc1ccc(Cl)cc1Cl)N/N=C\c1ccc(OC(=O)c2ccccc2Cl)cc1. The van der Waals surface area contributed by atoms with Gasteiger partial charge in [0.25, 0.3) is 5.91 Å². The Morgan fingerprint density at radius 1 is 0.935 bits per heavy atom. The zero-order valence-electron chi connectivity index (χ0n) is 15.8. The maximum atomic E-state index is 12.2. The maximum Gasteiger partial charge on any atom is 0.345 e. The molecule has 0 radical (unpaired) electrons. The number of ether oxygens (including phenoxy) is 2. The monoisotopic (exact) mass is 476 g/mol. The van der Waals surface area contributed by atoms with Crippen molar-refractivity contribution in [2.45, 2.75) is 0 Å². The normalized spacial score (nSPS) is 10.7. The van der Waals surface area contributed by atoms with Crippen molar-refractivity contribution in [3.8, 4) is 11.5 Å². The van der Waals surface area contributed by atoms with Gasteiger partial charge in [-0.15, -0.1) is 0 Å². The first-order valence-electron chi connectivity index (χ1n) is 8.89. The molecule has 0 fully saturated rings. The Balaban J connectivity index is 1.48. The summed E-state index contributed by atoms with van der Waals surface area (Å²) in [5.41, 5.74) is 3.30. The number of halogens is 3. The lowest BCUT2D eigenvalue weighted by Gasteiger charge is -2.07. The highest BCUT2D eigenvalue weighted by molar-refractivity contribution is 6.35. The molecule has 0 bridgehead atoms. The summed E-state index contributed by atoms with van der Waals surface area (Å²) in [6.07, 6.45) is 1.44. The Morgan fingerprint density at radius 3 is 2.39 bits per heavy atom. The number of carbonyl (C=O) groups excluding carboxylic acids is 2. The molecular formula is C22H15Cl3N2O4. The molecule has 0 saturated heterocycles. The second-order valence-electron chi connectivity index (χ2n) is 6.09. The number of benzene rings is 3. The predicted octanol–water partition coefficient (Wildman–Crippen LogP) is 5.40. The third kappa shape index (κ3) is 6.72. The molecule has 1 N–H and O–H groups in total. The number of nitrogens with one attached hydrogen (secondary N) is 1. The topological polar surface area (TPSA) is 77.0 Å². The summed E-state index contributed by atoms with van der Waals surface area (Å²) >= 11 is 17.8. The van der Waals surface area contributed by atoms with Crippen LogP contribution in [-0.2, 0) is 4.79 Å². The minimum atomic E-state index is -0.555. The van der Waals surface area contributed by atoms with E-state index in [1.54, 1.807) is 60.7 Å². The van der Waals surface area contributed by atoms with E-state index in [2.05, 4.69) is 10.5 Å². The lowest BCUT2D eigenvalue weighted by molar-refractivity contribution is -0.123. The molecule has 0 aromatic heterocycles. The van der Waals surface area contributed by atoms with Gasteiger partial charge in [-0.25, -0.2) is 10.2 Å². The molecule has 3 aromatic rings. The summed E-state index contributed by atoms with van der Waals surface area (Å²) < 4.78 is 10.6. The Hall–Kier alpha value is -3.06. The minimum Gasteiger partial charge on any atom is -0.482 e. The van der Waals surface area contributed by atoms with Crippen molar-refractivity contribution in [2.75, 3.05) is 6.61 Å². The van der Waals surface area contributed by atoms with Crippen molar-refractivity contribution in [1.29, 1.82) is 0 Å². The van der Waals surface area contributed by atoms with Gasteiger partial charge in [0.05, 0.1) is 21.8 Å². The Kier molecular flexibility index (Phi) is 7.89. The maximum absolute atomic E-state index is 12.2. The van der Waals surface area contributed by atoms with Gasteiger partial charge in [0.2, 0.25) is 0 Å². The Morgan fingerprint density at radius 2 is 1.68 bits per heavy atom. The summed E-state index contributed by atoms with van der Waals surface area (Å²) in [5, 5.41) is 4.94. The number of hydrazone groups is 1. The zero-order valence-corrected chi connectivity index (χ0v) is 18.1. The van der Waals surface area contributed by atoms with Crippen LogP contribution in [0.15, 0.2) is 71.8 Å². The van der Waals surface area contributed by atoms with Gasteiger partial charge in [0.1, 0.15) is 11.5 Å². The number of rotatable bonds is 7. The van der Waals surface area contributed by atoms with Crippen LogP contribution in [0.5, 0.6) is 11.5 Å². The highest BCUT2D eigenvalue weighted by Gasteiger charge is 2.12. The molecule has 0 aliphatic heterocycles. The van der Waals surface area contributed by atoms with Crippen LogP contribution in [0.3, 0.4) is 0 Å². The summed E-state index contributed by atoms with van der Waals surface area (Å²) in [6.45, 7) is -0.268. The summed E-state index contributed by atoms with van der Waals surface area (Å²) in [6, 6.07) is 17.9. The van der Waals surface area contributed by atoms with Crippen molar-refractivity contribution in [1.82, 2.24) is 5.43 Å². The van der Waals surface area contributed by atoms with Gasteiger partial charge in [0.15, 0.2) is 6.61 Å². The number of hydrogen-bond acceptors (Lipinski definition) is 5. The lowest BCUT2D eigenvalue weighted by atomic mass is 10.2. The molecule has 0 atom stereocenters. The number of carbonyl (C=O) groups is 2. The van der Waals surface area contributed by atoms with Crippen LogP contribution in [0, 0.1) is 0 Å². The highest BCUT2D eigenvalue weighted by atomic mass is 35.5. The van der Waals surface area contributed by atoms with Crippen molar-refractivity contribution in [2.24, 2.45) is 5.10 Å². The second kappa shape index (κ2) is 10.8. The van der Waals surface area contributed by atoms with E-state index in [1.807, 2.05) is 0 Å². The molecule has 1 amide bonds. The molecule has 0 spiro atoms. The van der Waals surface area contributed by atoms with Crippen LogP contribution in [0.2, 0.25) is 15.1 Å². The van der Waals surface area contributed by atoms with Crippen molar-refractivity contribution in [3.05, 3.63) is 92.9 Å². The third-order valence-electron chi connectivity index (χ3n) is 3.84. The van der Waals surface area contributed by atoms with Crippen molar-refractivity contribution < 1.29 is 19.1 Å². The number of esters is 1. The van der Waals surface area contributed by atoms with Crippen LogP contribution in [0.25, 0.3) is 0 Å². The van der Waals surface area contributed by atoms with E-state index in [0.717, 1.165) is 0 Å². The number of hydrogen-bond donors (Lipinski definition) is 1. The summed E-state index contributed by atoms with van der Waals surface area (Å²) in [7, 11) is 0. The number of nitrogens with zero attached hydrogens (tertiary/aromatic N) is 1. The van der Waals surface area contributed by atoms with Gasteiger partial charge >= 0.3 is 5.97 Å². The van der Waals surface area contributed by atoms with Crippen LogP contribution in [0.4, 0.5) is 0 Å². The average Bonchev–Trinajstić information content (AvgIpc) is 2.74. The van der Waals surface area contributed by atoms with E-state index in [-0.39, 0.29) is 12.2 Å². The average molecular weight is 478 g/mol. The fraction of sp³-hybridized carbons (Fsp3) is 0.0455. The van der Waals surface area contributed by atoms with Gasteiger partial charge in [0, 0.05) is 5.02 Å². The van der Waals surface area contributed by atoms with E-state index in [9.17, 15) is 9.59 Å². The molecule has 3 rings (SSSR count). The third-order valence-corrected chi connectivity index (χ3v) is 4.70. The molecular weight excluding hydrogens is 463 g/mol. The zero-order chi connectivity index (χ0) is 22.2. The standard InChI is InChI=1S/C22H15Cl3N2O4/c23-15-7-10-20(19(25)11-15)30-13-21(28)27-26-12-14-5-8-16(9-6-14)31-22(29)17-3-1-2-4-18(17)24/h1-12H,13H2,(H,27,28)/b26-12-. The van der Waals surface area contributed by atoms with E-state index in [1.165, 1.54) is 12.3 Å². The van der Waals surface area contributed by atoms with E-state index < -0.39 is 11.9 Å². The van der Waals surface area contributed by atoms with Crippen LogP contribution >= 0.6 is 34.8 Å².